The Morgan fingerprint density at radius 3 is 2.34 bits per heavy atom. The van der Waals surface area contributed by atoms with Gasteiger partial charge in [-0.15, -0.1) is 0 Å². The number of anilines is 1. The number of urea groups is 1. The van der Waals surface area contributed by atoms with Gasteiger partial charge in [0, 0.05) is 24.3 Å². The molecule has 2 aromatic carbocycles. The van der Waals surface area contributed by atoms with Crippen LogP contribution in [0.25, 0.3) is 0 Å². The fraction of sp³-hybridized carbons (Fsp3) is 0.143. The molecule has 0 spiro atoms. The van der Waals surface area contributed by atoms with E-state index >= 15 is 0 Å². The van der Waals surface area contributed by atoms with E-state index in [-0.39, 0.29) is 13.1 Å². The number of hydrogen-bond donors (Lipinski definition) is 1. The lowest BCUT2D eigenvalue weighted by molar-refractivity contribution is -0.137. The lowest BCUT2D eigenvalue weighted by Crippen LogP contribution is -2.34. The fourth-order valence-corrected chi connectivity index (χ4v) is 2.93. The number of pyridine rings is 1. The summed E-state index contributed by atoms with van der Waals surface area (Å²) in [5.41, 5.74) is 1.15. The third-order valence-electron chi connectivity index (χ3n) is 4.12. The molecule has 0 unspecified atom stereocenters. The molecule has 0 aliphatic heterocycles. The predicted octanol–water partition coefficient (Wildman–Crippen LogP) is 5.99. The van der Waals surface area contributed by atoms with Crippen molar-refractivity contribution in [3.8, 4) is 0 Å². The number of nitrogens with zero attached hydrogens (tertiary/aromatic N) is 2. The smallest absolute Gasteiger partial charge is 0.316 e. The maximum atomic E-state index is 12.8. The molecule has 0 bridgehead atoms. The van der Waals surface area contributed by atoms with E-state index in [9.17, 15) is 18.0 Å². The van der Waals surface area contributed by atoms with Gasteiger partial charge >= 0.3 is 12.2 Å². The predicted molar refractivity (Wildman–Crippen MR) is 105 cm³/mol. The van der Waals surface area contributed by atoms with Gasteiger partial charge in [-0.1, -0.05) is 35.9 Å². The summed E-state index contributed by atoms with van der Waals surface area (Å²) < 4.78 is 38.4. The number of carbonyl (C=O) groups is 1. The van der Waals surface area contributed by atoms with Crippen LogP contribution in [0, 0.1) is 0 Å². The molecule has 8 heteroatoms. The number of aromatic nitrogens is 1. The molecule has 2 amide bonds. The third kappa shape index (κ3) is 5.96. The second kappa shape index (κ2) is 8.96. The molecule has 1 aromatic heterocycles. The fourth-order valence-electron chi connectivity index (χ4n) is 2.71. The zero-order valence-electron chi connectivity index (χ0n) is 15.2. The summed E-state index contributed by atoms with van der Waals surface area (Å²) in [6.07, 6.45) is -1.31. The van der Waals surface area contributed by atoms with Gasteiger partial charge in [-0.2, -0.15) is 13.2 Å². The number of hydrogen-bond acceptors (Lipinski definition) is 2. The van der Waals surface area contributed by atoms with Crippen LogP contribution in [0.3, 0.4) is 0 Å². The van der Waals surface area contributed by atoms with Crippen LogP contribution in [-0.4, -0.2) is 15.9 Å². The van der Waals surface area contributed by atoms with E-state index in [0.29, 0.717) is 16.3 Å². The van der Waals surface area contributed by atoms with E-state index in [0.717, 1.165) is 17.7 Å². The Morgan fingerprint density at radius 1 is 1.00 bits per heavy atom. The minimum absolute atomic E-state index is 0.122. The van der Waals surface area contributed by atoms with Crippen LogP contribution >= 0.6 is 11.6 Å². The number of benzene rings is 2. The lowest BCUT2D eigenvalue weighted by atomic mass is 10.1. The molecule has 0 atom stereocenters. The maximum Gasteiger partial charge on any atom is 0.416 e. The van der Waals surface area contributed by atoms with Gasteiger partial charge in [0.15, 0.2) is 0 Å². The molecule has 0 fully saturated rings. The summed E-state index contributed by atoms with van der Waals surface area (Å²) >= 11 is 6.02. The number of amides is 2. The molecule has 150 valence electrons. The van der Waals surface area contributed by atoms with Crippen molar-refractivity contribution in [1.29, 1.82) is 0 Å². The second-order valence-corrected chi connectivity index (χ2v) is 6.79. The largest absolute Gasteiger partial charge is 0.416 e. The molecule has 1 heterocycles. The van der Waals surface area contributed by atoms with E-state index in [1.54, 1.807) is 36.5 Å². The summed E-state index contributed by atoms with van der Waals surface area (Å²) in [6, 6.07) is 14.8. The molecule has 1 N–H and O–H groups in total. The molecule has 0 aliphatic carbocycles. The number of halogens is 4. The van der Waals surface area contributed by atoms with Gasteiger partial charge in [0.2, 0.25) is 0 Å². The van der Waals surface area contributed by atoms with Crippen molar-refractivity contribution in [1.82, 2.24) is 9.88 Å². The van der Waals surface area contributed by atoms with Crippen molar-refractivity contribution in [2.24, 2.45) is 0 Å². The van der Waals surface area contributed by atoms with Crippen LogP contribution in [0.15, 0.2) is 73.1 Å². The summed E-state index contributed by atoms with van der Waals surface area (Å²) in [4.78, 5) is 18.2. The van der Waals surface area contributed by atoms with Crippen LogP contribution < -0.4 is 5.32 Å². The molecule has 0 saturated heterocycles. The molecule has 4 nitrogen and oxygen atoms in total. The summed E-state index contributed by atoms with van der Waals surface area (Å²) in [5.74, 6) is 0. The molecular weight excluding hydrogens is 403 g/mol. The van der Waals surface area contributed by atoms with Crippen molar-refractivity contribution in [3.05, 3.63) is 94.8 Å². The van der Waals surface area contributed by atoms with Crippen molar-refractivity contribution in [3.63, 3.8) is 0 Å². The van der Waals surface area contributed by atoms with Gasteiger partial charge in [-0.05, 0) is 47.5 Å². The van der Waals surface area contributed by atoms with Crippen molar-refractivity contribution in [2.45, 2.75) is 19.3 Å². The lowest BCUT2D eigenvalue weighted by Gasteiger charge is -2.24. The minimum atomic E-state index is -4.41. The van der Waals surface area contributed by atoms with E-state index < -0.39 is 17.8 Å². The highest BCUT2D eigenvalue weighted by atomic mass is 35.5. The molecule has 0 aliphatic rings. The average Bonchev–Trinajstić information content (AvgIpc) is 2.68. The maximum absolute atomic E-state index is 12.8. The average molecular weight is 420 g/mol. The van der Waals surface area contributed by atoms with Gasteiger partial charge in [0.05, 0.1) is 17.4 Å². The Hall–Kier alpha value is -3.06. The van der Waals surface area contributed by atoms with Gasteiger partial charge in [0.25, 0.3) is 0 Å². The second-order valence-electron chi connectivity index (χ2n) is 6.35. The van der Waals surface area contributed by atoms with Gasteiger partial charge in [-0.25, -0.2) is 4.79 Å². The first kappa shape index (κ1) is 20.7. The first-order chi connectivity index (χ1) is 13.8. The Morgan fingerprint density at radius 2 is 1.72 bits per heavy atom. The zero-order chi connectivity index (χ0) is 20.9. The minimum Gasteiger partial charge on any atom is -0.316 e. The topological polar surface area (TPSA) is 45.2 Å². The number of rotatable bonds is 5. The Labute approximate surface area is 170 Å². The van der Waals surface area contributed by atoms with Crippen molar-refractivity contribution < 1.29 is 18.0 Å². The highest BCUT2D eigenvalue weighted by molar-refractivity contribution is 6.30. The summed E-state index contributed by atoms with van der Waals surface area (Å²) in [5, 5.41) is 3.28. The normalized spacial score (nSPS) is 11.2. The molecule has 0 radical (unpaired) electrons. The third-order valence-corrected chi connectivity index (χ3v) is 4.35. The summed E-state index contributed by atoms with van der Waals surface area (Å²) in [7, 11) is 0. The number of nitrogens with one attached hydrogen (secondary N) is 1. The first-order valence-corrected chi connectivity index (χ1v) is 9.05. The number of carbonyl (C=O) groups excluding carboxylic acids is 1. The van der Waals surface area contributed by atoms with E-state index in [1.165, 1.54) is 23.2 Å². The Bertz CT molecular complexity index is 963. The van der Waals surface area contributed by atoms with Gasteiger partial charge in [0.1, 0.15) is 0 Å². The van der Waals surface area contributed by atoms with Crippen molar-refractivity contribution in [2.75, 3.05) is 5.32 Å². The summed E-state index contributed by atoms with van der Waals surface area (Å²) in [6.45, 7) is 0.352. The van der Waals surface area contributed by atoms with Crippen LogP contribution in [0.4, 0.5) is 23.7 Å². The monoisotopic (exact) mass is 419 g/mol. The van der Waals surface area contributed by atoms with E-state index in [2.05, 4.69) is 10.3 Å². The zero-order valence-corrected chi connectivity index (χ0v) is 15.9. The van der Waals surface area contributed by atoms with Gasteiger partial charge in [-0.3, -0.25) is 4.98 Å². The Balaban J connectivity index is 1.80. The van der Waals surface area contributed by atoms with Crippen LogP contribution in [0.2, 0.25) is 5.02 Å². The number of alkyl halides is 3. The van der Waals surface area contributed by atoms with Crippen LogP contribution in [0.5, 0.6) is 0 Å². The van der Waals surface area contributed by atoms with E-state index in [4.69, 9.17) is 11.6 Å². The molecule has 3 rings (SSSR count). The standard InChI is InChI=1S/C21H17ClF3N3O/c22-18-4-1-3-16(11-18)14-28(20(29)27-19-5-2-10-26-12-19)13-15-6-8-17(9-7-15)21(23,24)25/h1-12H,13-14H2,(H,27,29). The van der Waals surface area contributed by atoms with Crippen LogP contribution in [-0.2, 0) is 19.3 Å². The van der Waals surface area contributed by atoms with Crippen LogP contribution in [0.1, 0.15) is 16.7 Å². The first-order valence-electron chi connectivity index (χ1n) is 8.68. The molecule has 3 aromatic rings. The molecular formula is C21H17ClF3N3O. The van der Waals surface area contributed by atoms with Gasteiger partial charge < -0.3 is 10.2 Å². The SMILES string of the molecule is O=C(Nc1cccnc1)N(Cc1ccc(C(F)(F)F)cc1)Cc1cccc(Cl)c1. The van der Waals surface area contributed by atoms with E-state index in [1.807, 2.05) is 6.07 Å². The quantitative estimate of drug-likeness (QED) is 0.552. The Kier molecular flexibility index (Phi) is 6.39. The van der Waals surface area contributed by atoms with Crippen molar-refractivity contribution >= 4 is 23.3 Å². The highest BCUT2D eigenvalue weighted by Gasteiger charge is 2.30. The highest BCUT2D eigenvalue weighted by Crippen LogP contribution is 2.29. The molecule has 0 saturated carbocycles. The molecule has 29 heavy (non-hydrogen) atoms.